The Balaban J connectivity index is 1.39. The lowest BCUT2D eigenvalue weighted by atomic mass is 9.83. The first-order valence-corrected chi connectivity index (χ1v) is 17.7. The molecule has 0 fully saturated rings. The van der Waals surface area contributed by atoms with E-state index in [4.69, 9.17) is 0 Å². The standard InChI is InChI=1S/C49H39N/c1-32-29-38(30-33(2)34(32)3)48-42-22-12-13-23-43(42)49(41-24-14-20-35-15-10-11-21-40(35)41)44-26-25-39(31-45(44)48)50-46(36-16-6-4-7-17-36)27-28-47(50)37-18-8-5-9-19-37/h4-27,29-31,47H,28H2,1-3H3. The molecular weight excluding hydrogens is 603 g/mol. The summed E-state index contributed by atoms with van der Waals surface area (Å²) in [6, 6.07) is 58.7. The Bertz CT molecular complexity index is 2570. The Morgan fingerprint density at radius 2 is 1.08 bits per heavy atom. The Kier molecular flexibility index (Phi) is 7.36. The highest BCUT2D eigenvalue weighted by molar-refractivity contribution is 6.24. The molecule has 0 radical (unpaired) electrons. The van der Waals surface area contributed by atoms with Crippen LogP contribution >= 0.6 is 0 Å². The van der Waals surface area contributed by atoms with E-state index in [0.717, 1.165) is 6.42 Å². The molecule has 0 aromatic heterocycles. The average molecular weight is 642 g/mol. The lowest BCUT2D eigenvalue weighted by Crippen LogP contribution is -2.22. The summed E-state index contributed by atoms with van der Waals surface area (Å²) in [5, 5.41) is 7.64. The second kappa shape index (κ2) is 12.2. The van der Waals surface area contributed by atoms with Gasteiger partial charge in [-0.25, -0.2) is 0 Å². The third kappa shape index (κ3) is 4.92. The van der Waals surface area contributed by atoms with Crippen molar-refractivity contribution < 1.29 is 0 Å². The summed E-state index contributed by atoms with van der Waals surface area (Å²) >= 11 is 0. The number of benzene rings is 8. The van der Waals surface area contributed by atoms with E-state index in [0.29, 0.717) is 0 Å². The second-order valence-corrected chi connectivity index (χ2v) is 13.8. The van der Waals surface area contributed by atoms with E-state index in [2.05, 4.69) is 189 Å². The number of aryl methyl sites for hydroxylation is 2. The maximum absolute atomic E-state index is 2.58. The minimum Gasteiger partial charge on any atom is -0.333 e. The molecule has 1 nitrogen and oxygen atoms in total. The first kappa shape index (κ1) is 30.2. The molecule has 0 bridgehead atoms. The number of fused-ring (bicyclic) bond motifs is 3. The Morgan fingerprint density at radius 3 is 1.82 bits per heavy atom. The summed E-state index contributed by atoms with van der Waals surface area (Å²) in [5.41, 5.74) is 14.2. The van der Waals surface area contributed by atoms with Gasteiger partial charge in [-0.05, 0) is 122 Å². The molecule has 0 spiro atoms. The van der Waals surface area contributed by atoms with Crippen LogP contribution in [0.5, 0.6) is 0 Å². The number of hydrogen-bond donors (Lipinski definition) is 0. The van der Waals surface area contributed by atoms with E-state index in [1.807, 2.05) is 0 Å². The van der Waals surface area contributed by atoms with Crippen molar-refractivity contribution in [2.45, 2.75) is 33.2 Å². The fraction of sp³-hybridized carbons (Fsp3) is 0.102. The molecule has 50 heavy (non-hydrogen) atoms. The Hall–Kier alpha value is -5.92. The fourth-order valence-corrected chi connectivity index (χ4v) is 8.28. The van der Waals surface area contributed by atoms with Gasteiger partial charge in [0.1, 0.15) is 0 Å². The molecule has 1 aliphatic heterocycles. The van der Waals surface area contributed by atoms with Crippen LogP contribution in [0.25, 0.3) is 60.3 Å². The molecule has 8 aromatic rings. The predicted octanol–water partition coefficient (Wildman–Crippen LogP) is 13.4. The lowest BCUT2D eigenvalue weighted by Gasteiger charge is -2.31. The number of hydrogen-bond acceptors (Lipinski definition) is 1. The summed E-state index contributed by atoms with van der Waals surface area (Å²) in [6.45, 7) is 6.73. The van der Waals surface area contributed by atoms with Crippen molar-refractivity contribution >= 4 is 43.7 Å². The van der Waals surface area contributed by atoms with Gasteiger partial charge in [0.15, 0.2) is 0 Å². The van der Waals surface area contributed by atoms with Crippen LogP contribution in [0.3, 0.4) is 0 Å². The van der Waals surface area contributed by atoms with Gasteiger partial charge in [-0.1, -0.05) is 152 Å². The number of rotatable bonds is 5. The highest BCUT2D eigenvalue weighted by Gasteiger charge is 2.30. The van der Waals surface area contributed by atoms with E-state index >= 15 is 0 Å². The zero-order valence-electron chi connectivity index (χ0n) is 28.8. The monoisotopic (exact) mass is 641 g/mol. The molecule has 0 aliphatic carbocycles. The third-order valence-electron chi connectivity index (χ3n) is 10.9. The molecule has 1 atom stereocenters. The van der Waals surface area contributed by atoms with Gasteiger partial charge in [-0.2, -0.15) is 0 Å². The highest BCUT2D eigenvalue weighted by Crippen LogP contribution is 2.49. The van der Waals surface area contributed by atoms with Crippen LogP contribution in [-0.2, 0) is 0 Å². The van der Waals surface area contributed by atoms with Crippen LogP contribution in [-0.4, -0.2) is 0 Å². The van der Waals surface area contributed by atoms with E-state index in [1.54, 1.807) is 0 Å². The van der Waals surface area contributed by atoms with Crippen LogP contribution < -0.4 is 4.90 Å². The van der Waals surface area contributed by atoms with Crippen molar-refractivity contribution in [1.29, 1.82) is 0 Å². The van der Waals surface area contributed by atoms with Crippen molar-refractivity contribution in [2.24, 2.45) is 0 Å². The minimum atomic E-state index is 0.203. The zero-order chi connectivity index (χ0) is 33.8. The van der Waals surface area contributed by atoms with Crippen LogP contribution in [0.4, 0.5) is 5.69 Å². The van der Waals surface area contributed by atoms with Gasteiger partial charge in [0.25, 0.3) is 0 Å². The molecule has 0 amide bonds. The summed E-state index contributed by atoms with van der Waals surface area (Å²) in [6.07, 6.45) is 3.38. The lowest BCUT2D eigenvalue weighted by molar-refractivity contribution is 0.749. The van der Waals surface area contributed by atoms with Crippen molar-refractivity contribution in [2.75, 3.05) is 4.90 Å². The Morgan fingerprint density at radius 1 is 0.480 bits per heavy atom. The molecule has 0 saturated carbocycles. The minimum absolute atomic E-state index is 0.203. The van der Waals surface area contributed by atoms with Gasteiger partial charge in [0, 0.05) is 11.4 Å². The maximum atomic E-state index is 2.58. The van der Waals surface area contributed by atoms with E-state index in [1.165, 1.54) is 93.8 Å². The molecule has 1 heterocycles. The first-order chi connectivity index (χ1) is 24.6. The summed E-state index contributed by atoms with van der Waals surface area (Å²) in [7, 11) is 0. The van der Waals surface area contributed by atoms with Crippen molar-refractivity contribution in [3.8, 4) is 22.3 Å². The number of nitrogens with zero attached hydrogens (tertiary/aromatic N) is 1. The quantitative estimate of drug-likeness (QED) is 0.169. The normalized spacial score (nSPS) is 14.5. The van der Waals surface area contributed by atoms with Gasteiger partial charge < -0.3 is 4.90 Å². The molecule has 9 rings (SSSR count). The SMILES string of the molecule is Cc1cc(-c2c3ccccc3c(-c3cccc4ccccc34)c3ccc(N4C(c5ccccc5)=CCC4c4ccccc4)cc23)cc(C)c1C. The number of anilines is 1. The van der Waals surface area contributed by atoms with E-state index < -0.39 is 0 Å². The maximum Gasteiger partial charge on any atom is 0.0626 e. The molecular formula is C49H39N. The zero-order valence-corrected chi connectivity index (χ0v) is 28.8. The van der Waals surface area contributed by atoms with E-state index in [-0.39, 0.29) is 6.04 Å². The third-order valence-corrected chi connectivity index (χ3v) is 10.9. The van der Waals surface area contributed by atoms with Gasteiger partial charge >= 0.3 is 0 Å². The van der Waals surface area contributed by atoms with Crippen molar-refractivity contribution in [3.05, 3.63) is 192 Å². The smallest absolute Gasteiger partial charge is 0.0626 e. The summed E-state index contributed by atoms with van der Waals surface area (Å²) in [4.78, 5) is 2.58. The average Bonchev–Trinajstić information content (AvgIpc) is 3.62. The van der Waals surface area contributed by atoms with Crippen LogP contribution in [0.15, 0.2) is 164 Å². The molecule has 1 aliphatic rings. The largest absolute Gasteiger partial charge is 0.333 e. The van der Waals surface area contributed by atoms with E-state index in [9.17, 15) is 0 Å². The molecule has 1 heteroatoms. The fourth-order valence-electron chi connectivity index (χ4n) is 8.28. The van der Waals surface area contributed by atoms with Gasteiger partial charge in [0.2, 0.25) is 0 Å². The van der Waals surface area contributed by atoms with Crippen molar-refractivity contribution in [1.82, 2.24) is 0 Å². The van der Waals surface area contributed by atoms with Crippen LogP contribution in [0.2, 0.25) is 0 Å². The van der Waals surface area contributed by atoms with Crippen molar-refractivity contribution in [3.63, 3.8) is 0 Å². The molecule has 8 aromatic carbocycles. The molecule has 1 unspecified atom stereocenters. The van der Waals surface area contributed by atoms with Crippen LogP contribution in [0, 0.1) is 20.8 Å². The molecule has 240 valence electrons. The topological polar surface area (TPSA) is 3.24 Å². The van der Waals surface area contributed by atoms with Crippen LogP contribution in [0.1, 0.15) is 40.3 Å². The summed E-state index contributed by atoms with van der Waals surface area (Å²) in [5.74, 6) is 0. The molecule has 0 N–H and O–H groups in total. The van der Waals surface area contributed by atoms with Gasteiger partial charge in [0.05, 0.1) is 6.04 Å². The second-order valence-electron chi connectivity index (χ2n) is 13.8. The highest BCUT2D eigenvalue weighted by atomic mass is 15.2. The first-order valence-electron chi connectivity index (χ1n) is 17.7. The molecule has 0 saturated heterocycles. The van der Waals surface area contributed by atoms with Gasteiger partial charge in [-0.3, -0.25) is 0 Å². The Labute approximate surface area is 294 Å². The predicted molar refractivity (Wildman–Crippen MR) is 215 cm³/mol. The van der Waals surface area contributed by atoms with Gasteiger partial charge in [-0.15, -0.1) is 0 Å². The summed E-state index contributed by atoms with van der Waals surface area (Å²) < 4.78 is 0.